The predicted octanol–water partition coefficient (Wildman–Crippen LogP) is 2.26. The number of rotatable bonds is 7. The molecule has 0 aromatic carbocycles. The number of imidazole rings is 1. The van der Waals surface area contributed by atoms with Crippen molar-refractivity contribution in [2.45, 2.75) is 57.7 Å². The molecule has 6 heteroatoms. The highest BCUT2D eigenvalue weighted by Gasteiger charge is 2.59. The first-order chi connectivity index (χ1) is 11.2. The van der Waals surface area contributed by atoms with Crippen molar-refractivity contribution < 1.29 is 9.53 Å². The third-order valence-corrected chi connectivity index (χ3v) is 5.55. The van der Waals surface area contributed by atoms with E-state index in [1.165, 1.54) is 19.3 Å². The minimum atomic E-state index is 0.0434. The van der Waals surface area contributed by atoms with E-state index in [-0.39, 0.29) is 17.5 Å². The fourth-order valence-electron chi connectivity index (χ4n) is 3.91. The largest absolute Gasteiger partial charge is 0.378 e. The highest BCUT2D eigenvalue weighted by atomic mass is 16.5. The van der Waals surface area contributed by atoms with Crippen molar-refractivity contribution in [2.75, 3.05) is 20.2 Å². The normalized spacial score (nSPS) is 24.8. The van der Waals surface area contributed by atoms with Crippen molar-refractivity contribution in [1.82, 2.24) is 19.8 Å². The van der Waals surface area contributed by atoms with Crippen LogP contribution in [0.15, 0.2) is 18.7 Å². The zero-order valence-corrected chi connectivity index (χ0v) is 14.2. The Hall–Kier alpha value is -1.56. The van der Waals surface area contributed by atoms with Crippen molar-refractivity contribution in [1.29, 1.82) is 0 Å². The minimum absolute atomic E-state index is 0.0434. The highest BCUT2D eigenvalue weighted by molar-refractivity contribution is 5.74. The van der Waals surface area contributed by atoms with Crippen molar-refractivity contribution in [2.24, 2.45) is 5.41 Å². The highest BCUT2D eigenvalue weighted by Crippen LogP contribution is 2.57. The second-order valence-electron chi connectivity index (χ2n) is 6.84. The Balaban J connectivity index is 1.42. The van der Waals surface area contributed by atoms with E-state index in [2.05, 4.69) is 10.3 Å². The molecule has 0 bridgehead atoms. The second kappa shape index (κ2) is 6.91. The van der Waals surface area contributed by atoms with Gasteiger partial charge >= 0.3 is 6.03 Å². The molecule has 2 fully saturated rings. The van der Waals surface area contributed by atoms with E-state index in [4.69, 9.17) is 4.74 Å². The van der Waals surface area contributed by atoms with Crippen LogP contribution in [0.25, 0.3) is 0 Å². The molecule has 1 N–H and O–H groups in total. The molecular formula is C17H28N4O2. The van der Waals surface area contributed by atoms with Crippen molar-refractivity contribution in [3.8, 4) is 0 Å². The van der Waals surface area contributed by atoms with Crippen LogP contribution in [0.4, 0.5) is 4.79 Å². The average molecular weight is 320 g/mol. The van der Waals surface area contributed by atoms with Gasteiger partial charge in [-0.15, -0.1) is 0 Å². The molecule has 3 rings (SSSR count). The Morgan fingerprint density at radius 1 is 1.52 bits per heavy atom. The monoisotopic (exact) mass is 320 g/mol. The summed E-state index contributed by atoms with van der Waals surface area (Å²) in [5.74, 6) is 0. The van der Waals surface area contributed by atoms with E-state index in [1.807, 2.05) is 31.1 Å². The van der Waals surface area contributed by atoms with Crippen LogP contribution in [0.2, 0.25) is 0 Å². The molecular weight excluding hydrogens is 292 g/mol. The number of carbonyl (C=O) groups excluding carboxylic acids is 1. The lowest BCUT2D eigenvalue weighted by molar-refractivity contribution is -0.169. The van der Waals surface area contributed by atoms with Crippen molar-refractivity contribution in [3.63, 3.8) is 0 Å². The number of aryl methyl sites for hydroxylation is 1. The van der Waals surface area contributed by atoms with Crippen LogP contribution >= 0.6 is 0 Å². The van der Waals surface area contributed by atoms with Crippen LogP contribution in [0.3, 0.4) is 0 Å². The summed E-state index contributed by atoms with van der Waals surface area (Å²) in [6.45, 7) is 4.45. The van der Waals surface area contributed by atoms with Gasteiger partial charge in [0.2, 0.25) is 0 Å². The topological polar surface area (TPSA) is 59.4 Å². The molecule has 0 saturated heterocycles. The van der Waals surface area contributed by atoms with Gasteiger partial charge in [-0.25, -0.2) is 9.78 Å². The van der Waals surface area contributed by atoms with Crippen LogP contribution in [-0.2, 0) is 11.3 Å². The van der Waals surface area contributed by atoms with E-state index in [1.54, 1.807) is 11.1 Å². The quantitative estimate of drug-likeness (QED) is 0.838. The maximum atomic E-state index is 12.4. The first-order valence-corrected chi connectivity index (χ1v) is 8.74. The summed E-state index contributed by atoms with van der Waals surface area (Å²) in [6, 6.07) is 0.332. The Bertz CT molecular complexity index is 513. The summed E-state index contributed by atoms with van der Waals surface area (Å²) in [6.07, 6.45) is 11.4. The molecule has 1 aromatic rings. The molecule has 2 aliphatic rings. The van der Waals surface area contributed by atoms with Crippen LogP contribution in [0.5, 0.6) is 0 Å². The predicted molar refractivity (Wildman–Crippen MR) is 88.1 cm³/mol. The summed E-state index contributed by atoms with van der Waals surface area (Å²) >= 11 is 0. The standard InChI is InChI=1S/C17H28N4O2/c1-3-23-15-12-14(17(15)6-4-7-17)19-16(22)20(2)9-5-10-21-11-8-18-13-21/h8,11,13-15H,3-7,9-10,12H2,1-2H3,(H,19,22). The smallest absolute Gasteiger partial charge is 0.317 e. The lowest BCUT2D eigenvalue weighted by Crippen LogP contribution is -2.68. The number of aromatic nitrogens is 2. The van der Waals surface area contributed by atoms with Gasteiger partial charge in [-0.1, -0.05) is 6.42 Å². The number of hydrogen-bond donors (Lipinski definition) is 1. The zero-order valence-electron chi connectivity index (χ0n) is 14.2. The third-order valence-electron chi connectivity index (χ3n) is 5.55. The first kappa shape index (κ1) is 16.3. The maximum Gasteiger partial charge on any atom is 0.317 e. The summed E-state index contributed by atoms with van der Waals surface area (Å²) in [5.41, 5.74) is 0.226. The summed E-state index contributed by atoms with van der Waals surface area (Å²) in [4.78, 5) is 18.2. The lowest BCUT2D eigenvalue weighted by Gasteiger charge is -2.61. The Kier molecular flexibility index (Phi) is 4.90. The molecule has 6 nitrogen and oxygen atoms in total. The van der Waals surface area contributed by atoms with Gasteiger partial charge in [-0.05, 0) is 32.6 Å². The average Bonchev–Trinajstić information content (AvgIpc) is 2.97. The van der Waals surface area contributed by atoms with Gasteiger partial charge in [0.15, 0.2) is 0 Å². The molecule has 1 spiro atoms. The number of carbonyl (C=O) groups is 1. The number of ether oxygens (including phenoxy) is 1. The van der Waals surface area contributed by atoms with E-state index in [9.17, 15) is 4.79 Å². The van der Waals surface area contributed by atoms with E-state index in [0.717, 1.165) is 32.5 Å². The molecule has 0 radical (unpaired) electrons. The molecule has 2 aliphatic carbocycles. The van der Waals surface area contributed by atoms with E-state index in [0.29, 0.717) is 6.10 Å². The van der Waals surface area contributed by atoms with Crippen LogP contribution in [0, 0.1) is 5.41 Å². The van der Waals surface area contributed by atoms with E-state index < -0.39 is 0 Å². The summed E-state index contributed by atoms with van der Waals surface area (Å²) in [5, 5.41) is 3.23. The zero-order chi connectivity index (χ0) is 16.3. The Morgan fingerprint density at radius 3 is 2.96 bits per heavy atom. The van der Waals surface area contributed by atoms with Gasteiger partial charge in [0, 0.05) is 50.6 Å². The molecule has 2 atom stereocenters. The SMILES string of the molecule is CCOC1CC(NC(=O)N(C)CCCn2ccnc2)C12CCC2. The van der Waals surface area contributed by atoms with Gasteiger partial charge in [0.05, 0.1) is 12.4 Å². The molecule has 128 valence electrons. The minimum Gasteiger partial charge on any atom is -0.378 e. The molecule has 1 heterocycles. The Labute approximate surface area is 138 Å². The van der Waals surface area contributed by atoms with Crippen LogP contribution in [-0.4, -0.2) is 52.8 Å². The second-order valence-corrected chi connectivity index (χ2v) is 6.84. The van der Waals surface area contributed by atoms with Gasteiger partial charge in [-0.3, -0.25) is 0 Å². The van der Waals surface area contributed by atoms with Crippen LogP contribution in [0.1, 0.15) is 39.0 Å². The third kappa shape index (κ3) is 3.22. The van der Waals surface area contributed by atoms with Crippen molar-refractivity contribution >= 4 is 6.03 Å². The molecule has 1 aromatic heterocycles. The fourth-order valence-corrected chi connectivity index (χ4v) is 3.91. The van der Waals surface area contributed by atoms with Gasteiger partial charge in [0.1, 0.15) is 0 Å². The lowest BCUT2D eigenvalue weighted by atomic mass is 9.51. The molecule has 2 saturated carbocycles. The molecule has 2 unspecified atom stereocenters. The molecule has 0 aliphatic heterocycles. The number of urea groups is 1. The van der Waals surface area contributed by atoms with Gasteiger partial charge in [-0.2, -0.15) is 0 Å². The number of nitrogens with zero attached hydrogens (tertiary/aromatic N) is 3. The number of amides is 2. The summed E-state index contributed by atoms with van der Waals surface area (Å²) < 4.78 is 7.88. The summed E-state index contributed by atoms with van der Waals surface area (Å²) in [7, 11) is 1.87. The van der Waals surface area contributed by atoms with Crippen molar-refractivity contribution in [3.05, 3.63) is 18.7 Å². The first-order valence-electron chi connectivity index (χ1n) is 8.74. The fraction of sp³-hybridized carbons (Fsp3) is 0.765. The number of hydrogen-bond acceptors (Lipinski definition) is 3. The van der Waals surface area contributed by atoms with E-state index >= 15 is 0 Å². The number of nitrogens with one attached hydrogen (secondary N) is 1. The van der Waals surface area contributed by atoms with Gasteiger partial charge < -0.3 is 19.5 Å². The molecule has 23 heavy (non-hydrogen) atoms. The van der Waals surface area contributed by atoms with Gasteiger partial charge in [0.25, 0.3) is 0 Å². The Morgan fingerprint density at radius 2 is 2.35 bits per heavy atom. The van der Waals surface area contributed by atoms with Crippen LogP contribution < -0.4 is 5.32 Å². The maximum absolute atomic E-state index is 12.4. The molecule has 2 amide bonds.